The molecule has 2 aliphatic carbocycles. The van der Waals surface area contributed by atoms with Crippen LogP contribution in [0.25, 0.3) is 0 Å². The molecule has 0 aromatic heterocycles. The van der Waals surface area contributed by atoms with Crippen LogP contribution < -0.4 is 0 Å². The van der Waals surface area contributed by atoms with Crippen LogP contribution in [0.2, 0.25) is 0 Å². The van der Waals surface area contributed by atoms with Crippen LogP contribution in [0, 0.1) is 40.9 Å². The lowest BCUT2D eigenvalue weighted by Crippen LogP contribution is -2.12. The van der Waals surface area contributed by atoms with E-state index in [1.54, 1.807) is 0 Å². The lowest BCUT2D eigenvalue weighted by molar-refractivity contribution is 0.301. The molecule has 2 aliphatic rings. The van der Waals surface area contributed by atoms with E-state index in [0.717, 1.165) is 35.5 Å². The number of hydrogen-bond donors (Lipinski definition) is 0. The Morgan fingerprint density at radius 1 is 0.933 bits per heavy atom. The Hall–Kier alpha value is 0. The molecule has 0 saturated heterocycles. The van der Waals surface area contributed by atoms with Gasteiger partial charge in [0.05, 0.1) is 0 Å². The van der Waals surface area contributed by atoms with Gasteiger partial charge >= 0.3 is 0 Å². The van der Waals surface area contributed by atoms with E-state index in [9.17, 15) is 0 Å². The molecule has 0 N–H and O–H groups in total. The van der Waals surface area contributed by atoms with Crippen molar-refractivity contribution in [3.05, 3.63) is 0 Å². The molecule has 0 radical (unpaired) electrons. The summed E-state index contributed by atoms with van der Waals surface area (Å²) in [6.45, 7) is 14.5. The largest absolute Gasteiger partial charge is 0.0625 e. The summed E-state index contributed by atoms with van der Waals surface area (Å²) in [6.07, 6.45) is 3.06. The van der Waals surface area contributed by atoms with Crippen molar-refractivity contribution in [1.82, 2.24) is 0 Å². The van der Waals surface area contributed by atoms with Crippen molar-refractivity contribution in [3.63, 3.8) is 0 Å². The van der Waals surface area contributed by atoms with Gasteiger partial charge in [0.2, 0.25) is 0 Å². The van der Waals surface area contributed by atoms with E-state index in [0.29, 0.717) is 5.41 Å². The topological polar surface area (TPSA) is 0 Å². The highest BCUT2D eigenvalue weighted by atomic mass is 14.6. The Bertz CT molecular complexity index is 233. The van der Waals surface area contributed by atoms with Gasteiger partial charge in [-0.3, -0.25) is 0 Å². The smallest absolute Gasteiger partial charge is 0.0331 e. The molecular weight excluding hydrogens is 180 g/mol. The van der Waals surface area contributed by atoms with Gasteiger partial charge in [-0.1, -0.05) is 41.5 Å². The lowest BCUT2D eigenvalue weighted by Gasteiger charge is -2.19. The monoisotopic (exact) mass is 208 g/mol. The summed E-state index contributed by atoms with van der Waals surface area (Å²) in [5.74, 6) is 6.14. The van der Waals surface area contributed by atoms with Crippen LogP contribution in [-0.4, -0.2) is 0 Å². The predicted molar refractivity (Wildman–Crippen MR) is 66.7 cm³/mol. The Balaban J connectivity index is 1.82. The van der Waals surface area contributed by atoms with Crippen LogP contribution >= 0.6 is 0 Å². The SMILES string of the molecule is CC(C)C(C)C1CC1C1CC1C(C)(C)C. The predicted octanol–water partition coefficient (Wildman–Crippen LogP) is 4.60. The second kappa shape index (κ2) is 3.50. The van der Waals surface area contributed by atoms with Crippen molar-refractivity contribution < 1.29 is 0 Å². The first-order valence-electron chi connectivity index (χ1n) is 6.82. The quantitative estimate of drug-likeness (QED) is 0.636. The Morgan fingerprint density at radius 2 is 1.53 bits per heavy atom. The van der Waals surface area contributed by atoms with E-state index >= 15 is 0 Å². The van der Waals surface area contributed by atoms with Gasteiger partial charge in [0.1, 0.15) is 0 Å². The second-order valence-corrected chi connectivity index (χ2v) is 7.54. The zero-order valence-corrected chi connectivity index (χ0v) is 11.4. The molecular formula is C15H28. The van der Waals surface area contributed by atoms with E-state index in [1.807, 2.05) is 0 Å². The van der Waals surface area contributed by atoms with Crippen LogP contribution in [-0.2, 0) is 0 Å². The maximum Gasteiger partial charge on any atom is -0.0331 e. The zero-order valence-electron chi connectivity index (χ0n) is 11.4. The summed E-state index contributed by atoms with van der Waals surface area (Å²) in [5.41, 5.74) is 0.568. The first-order chi connectivity index (χ1) is 6.82. The molecule has 2 fully saturated rings. The molecule has 5 unspecified atom stereocenters. The number of hydrogen-bond acceptors (Lipinski definition) is 0. The van der Waals surface area contributed by atoms with Crippen molar-refractivity contribution in [2.75, 3.05) is 0 Å². The fourth-order valence-corrected chi connectivity index (χ4v) is 3.51. The summed E-state index contributed by atoms with van der Waals surface area (Å²) in [5, 5.41) is 0. The minimum atomic E-state index is 0.568. The van der Waals surface area contributed by atoms with Gasteiger partial charge in [0, 0.05) is 0 Å². The number of rotatable bonds is 3. The lowest BCUT2D eigenvalue weighted by atomic mass is 9.86. The third kappa shape index (κ3) is 2.24. The maximum absolute atomic E-state index is 2.46. The maximum atomic E-state index is 2.46. The van der Waals surface area contributed by atoms with E-state index in [4.69, 9.17) is 0 Å². The highest BCUT2D eigenvalue weighted by Crippen LogP contribution is 2.64. The Kier molecular flexibility index (Phi) is 2.68. The van der Waals surface area contributed by atoms with E-state index in [2.05, 4.69) is 41.5 Å². The summed E-state index contributed by atoms with van der Waals surface area (Å²) >= 11 is 0. The molecule has 88 valence electrons. The van der Waals surface area contributed by atoms with Crippen LogP contribution in [0.3, 0.4) is 0 Å². The minimum absolute atomic E-state index is 0.568. The van der Waals surface area contributed by atoms with Crippen molar-refractivity contribution in [1.29, 1.82) is 0 Å². The van der Waals surface area contributed by atoms with Gasteiger partial charge in [-0.05, 0) is 53.8 Å². The second-order valence-electron chi connectivity index (χ2n) is 7.54. The fourth-order valence-electron chi connectivity index (χ4n) is 3.51. The van der Waals surface area contributed by atoms with Crippen molar-refractivity contribution in [3.8, 4) is 0 Å². The normalized spacial score (nSPS) is 41.8. The van der Waals surface area contributed by atoms with E-state index < -0.39 is 0 Å². The molecule has 0 nitrogen and oxygen atoms in total. The zero-order chi connectivity index (χ0) is 11.4. The third-order valence-electron chi connectivity index (χ3n) is 5.12. The van der Waals surface area contributed by atoms with Crippen LogP contribution in [0.15, 0.2) is 0 Å². The third-order valence-corrected chi connectivity index (χ3v) is 5.12. The van der Waals surface area contributed by atoms with Crippen molar-refractivity contribution in [2.45, 2.75) is 54.4 Å². The first-order valence-corrected chi connectivity index (χ1v) is 6.82. The van der Waals surface area contributed by atoms with Gasteiger partial charge in [-0.2, -0.15) is 0 Å². The average molecular weight is 208 g/mol. The molecule has 2 saturated carbocycles. The molecule has 0 amide bonds. The molecule has 0 heterocycles. The molecule has 2 rings (SSSR count). The van der Waals surface area contributed by atoms with Crippen LogP contribution in [0.1, 0.15) is 54.4 Å². The molecule has 5 atom stereocenters. The van der Waals surface area contributed by atoms with Crippen molar-refractivity contribution in [2.24, 2.45) is 40.9 Å². The Labute approximate surface area is 95.8 Å². The molecule has 0 aromatic carbocycles. The molecule has 0 bridgehead atoms. The minimum Gasteiger partial charge on any atom is -0.0625 e. The highest BCUT2D eigenvalue weighted by molar-refractivity contribution is 5.06. The van der Waals surface area contributed by atoms with Gasteiger partial charge in [-0.25, -0.2) is 0 Å². The molecule has 0 spiro atoms. The highest BCUT2D eigenvalue weighted by Gasteiger charge is 2.57. The average Bonchev–Trinajstić information content (AvgIpc) is 2.93. The summed E-state index contributed by atoms with van der Waals surface area (Å²) < 4.78 is 0. The first kappa shape index (κ1) is 11.5. The van der Waals surface area contributed by atoms with Gasteiger partial charge in [0.25, 0.3) is 0 Å². The molecule has 0 aromatic rings. The van der Waals surface area contributed by atoms with E-state index in [-0.39, 0.29) is 0 Å². The molecule has 0 aliphatic heterocycles. The van der Waals surface area contributed by atoms with Gasteiger partial charge in [0.15, 0.2) is 0 Å². The van der Waals surface area contributed by atoms with E-state index in [1.165, 1.54) is 12.8 Å². The summed E-state index contributed by atoms with van der Waals surface area (Å²) in [4.78, 5) is 0. The summed E-state index contributed by atoms with van der Waals surface area (Å²) in [7, 11) is 0. The molecule has 15 heavy (non-hydrogen) atoms. The molecule has 0 heteroatoms. The van der Waals surface area contributed by atoms with Gasteiger partial charge < -0.3 is 0 Å². The van der Waals surface area contributed by atoms with Gasteiger partial charge in [-0.15, -0.1) is 0 Å². The van der Waals surface area contributed by atoms with Crippen LogP contribution in [0.4, 0.5) is 0 Å². The fraction of sp³-hybridized carbons (Fsp3) is 1.00. The van der Waals surface area contributed by atoms with Crippen LogP contribution in [0.5, 0.6) is 0 Å². The van der Waals surface area contributed by atoms with Crippen molar-refractivity contribution >= 4 is 0 Å². The summed E-state index contributed by atoms with van der Waals surface area (Å²) in [6, 6.07) is 0. The Morgan fingerprint density at radius 3 is 1.93 bits per heavy atom. The standard InChI is InChI=1S/C15H28/c1-9(2)10(3)11-7-12(11)13-8-14(13)15(4,5)6/h9-14H,7-8H2,1-6H3.